The Morgan fingerprint density at radius 2 is 2.14 bits per heavy atom. The van der Waals surface area contributed by atoms with Crippen LogP contribution in [0, 0.1) is 13.8 Å². The molecule has 0 aliphatic carbocycles. The van der Waals surface area contributed by atoms with Crippen LogP contribution < -0.4 is 10.6 Å². The quantitative estimate of drug-likeness (QED) is 0.881. The molecule has 112 valence electrons. The molecule has 2 N–H and O–H groups in total. The van der Waals surface area contributed by atoms with Gasteiger partial charge in [-0.15, -0.1) is 0 Å². The Hall–Kier alpha value is -2.14. The van der Waals surface area contributed by atoms with E-state index >= 15 is 0 Å². The van der Waals surface area contributed by atoms with Gasteiger partial charge in [0.25, 0.3) is 5.91 Å². The third kappa shape index (κ3) is 3.31. The van der Waals surface area contributed by atoms with Gasteiger partial charge in [0.1, 0.15) is 5.82 Å². The highest BCUT2D eigenvalue weighted by atomic mass is 16.1. The smallest absolute Gasteiger partial charge is 0.253 e. The van der Waals surface area contributed by atoms with Gasteiger partial charge in [0.15, 0.2) is 0 Å². The van der Waals surface area contributed by atoms with Crippen molar-refractivity contribution in [3.8, 4) is 5.82 Å². The summed E-state index contributed by atoms with van der Waals surface area (Å²) >= 11 is 0. The Balaban J connectivity index is 2.25. The summed E-state index contributed by atoms with van der Waals surface area (Å²) in [5, 5.41) is 6.05. The normalized spacial score (nSPS) is 12.2. The van der Waals surface area contributed by atoms with E-state index in [9.17, 15) is 4.79 Å². The maximum Gasteiger partial charge on any atom is 0.253 e. The maximum atomic E-state index is 12.3. The third-order valence-corrected chi connectivity index (χ3v) is 3.62. The first kappa shape index (κ1) is 15.3. The maximum absolute atomic E-state index is 12.3. The van der Waals surface area contributed by atoms with Crippen LogP contribution in [0.5, 0.6) is 0 Å². The largest absolute Gasteiger partial charge is 0.350 e. The molecule has 21 heavy (non-hydrogen) atoms. The monoisotopic (exact) mass is 286 g/mol. The first-order valence-corrected chi connectivity index (χ1v) is 7.10. The highest BCUT2D eigenvalue weighted by molar-refractivity contribution is 5.95. The lowest BCUT2D eigenvalue weighted by Gasteiger charge is -2.12. The van der Waals surface area contributed by atoms with Gasteiger partial charge in [0.05, 0.1) is 5.56 Å². The molecule has 5 nitrogen and oxygen atoms in total. The Kier molecular flexibility index (Phi) is 4.75. The number of amides is 1. The van der Waals surface area contributed by atoms with Crippen molar-refractivity contribution in [1.29, 1.82) is 0 Å². The Morgan fingerprint density at radius 1 is 1.38 bits per heavy atom. The molecule has 0 saturated carbocycles. The summed E-state index contributed by atoms with van der Waals surface area (Å²) in [4.78, 5) is 16.7. The molecule has 0 spiro atoms. The SMILES string of the molecule is CNC(C)CNC(=O)c1cc(C)n(-c2ccccn2)c1C. The summed E-state index contributed by atoms with van der Waals surface area (Å²) in [6, 6.07) is 7.90. The van der Waals surface area contributed by atoms with Crippen LogP contribution in [0.15, 0.2) is 30.5 Å². The van der Waals surface area contributed by atoms with E-state index in [0.717, 1.165) is 17.2 Å². The average Bonchev–Trinajstić information content (AvgIpc) is 2.80. The first-order chi connectivity index (χ1) is 10.0. The minimum Gasteiger partial charge on any atom is -0.350 e. The van der Waals surface area contributed by atoms with Crippen molar-refractivity contribution in [3.05, 3.63) is 47.4 Å². The molecule has 2 aromatic heterocycles. The number of pyridine rings is 1. The van der Waals surface area contributed by atoms with E-state index in [1.807, 2.05) is 56.7 Å². The molecule has 1 unspecified atom stereocenters. The Labute approximate surface area is 125 Å². The summed E-state index contributed by atoms with van der Waals surface area (Å²) < 4.78 is 2.00. The number of hydrogen-bond acceptors (Lipinski definition) is 3. The van der Waals surface area contributed by atoms with Crippen LogP contribution in [0.2, 0.25) is 0 Å². The molecular weight excluding hydrogens is 264 g/mol. The highest BCUT2D eigenvalue weighted by Crippen LogP contribution is 2.19. The third-order valence-electron chi connectivity index (χ3n) is 3.62. The second-order valence-corrected chi connectivity index (χ2v) is 5.21. The van der Waals surface area contributed by atoms with Gasteiger partial charge >= 0.3 is 0 Å². The molecule has 2 aromatic rings. The first-order valence-electron chi connectivity index (χ1n) is 7.10. The average molecular weight is 286 g/mol. The van der Waals surface area contributed by atoms with E-state index in [-0.39, 0.29) is 11.9 Å². The predicted molar refractivity (Wildman–Crippen MR) is 83.9 cm³/mol. The van der Waals surface area contributed by atoms with Gasteiger partial charge < -0.3 is 15.2 Å². The molecule has 1 amide bonds. The van der Waals surface area contributed by atoms with Crippen LogP contribution in [-0.4, -0.2) is 35.1 Å². The Bertz CT molecular complexity index is 619. The molecule has 0 saturated heterocycles. The minimum absolute atomic E-state index is 0.0487. The zero-order chi connectivity index (χ0) is 15.4. The van der Waals surface area contributed by atoms with Gasteiger partial charge in [0, 0.05) is 30.2 Å². The lowest BCUT2D eigenvalue weighted by molar-refractivity contribution is 0.0950. The van der Waals surface area contributed by atoms with E-state index in [4.69, 9.17) is 0 Å². The van der Waals surface area contributed by atoms with Crippen LogP contribution in [0.25, 0.3) is 5.82 Å². The van der Waals surface area contributed by atoms with Crippen molar-refractivity contribution < 1.29 is 4.79 Å². The molecule has 2 rings (SSSR count). The minimum atomic E-state index is -0.0487. The second kappa shape index (κ2) is 6.54. The number of likely N-dealkylation sites (N-methyl/N-ethyl adjacent to an activating group) is 1. The zero-order valence-corrected chi connectivity index (χ0v) is 13.0. The van der Waals surface area contributed by atoms with E-state index in [1.165, 1.54) is 0 Å². The lowest BCUT2D eigenvalue weighted by Crippen LogP contribution is -2.37. The van der Waals surface area contributed by atoms with E-state index < -0.39 is 0 Å². The zero-order valence-electron chi connectivity index (χ0n) is 13.0. The molecule has 0 aliphatic heterocycles. The number of carbonyl (C=O) groups excluding carboxylic acids is 1. The summed E-state index contributed by atoms with van der Waals surface area (Å²) in [6.45, 7) is 6.55. The van der Waals surface area contributed by atoms with Crippen molar-refractivity contribution in [2.45, 2.75) is 26.8 Å². The van der Waals surface area contributed by atoms with Gasteiger partial charge in [0.2, 0.25) is 0 Å². The summed E-state index contributed by atoms with van der Waals surface area (Å²) in [5.74, 6) is 0.780. The topological polar surface area (TPSA) is 58.9 Å². The summed E-state index contributed by atoms with van der Waals surface area (Å²) in [7, 11) is 1.88. The molecule has 1 atom stereocenters. The van der Waals surface area contributed by atoms with Crippen molar-refractivity contribution in [3.63, 3.8) is 0 Å². The molecule has 0 bridgehead atoms. The fourth-order valence-electron chi connectivity index (χ4n) is 2.27. The number of hydrogen-bond donors (Lipinski definition) is 2. The number of rotatable bonds is 5. The molecular formula is C16H22N4O. The molecule has 0 aromatic carbocycles. The van der Waals surface area contributed by atoms with Crippen molar-refractivity contribution >= 4 is 5.91 Å². The number of nitrogens with zero attached hydrogens (tertiary/aromatic N) is 2. The van der Waals surface area contributed by atoms with Crippen LogP contribution in [0.1, 0.15) is 28.7 Å². The van der Waals surface area contributed by atoms with Crippen LogP contribution >= 0.6 is 0 Å². The number of nitrogens with one attached hydrogen (secondary N) is 2. The fourth-order valence-corrected chi connectivity index (χ4v) is 2.27. The number of carbonyl (C=O) groups is 1. The van der Waals surface area contributed by atoms with Gasteiger partial charge in [-0.1, -0.05) is 6.07 Å². The van der Waals surface area contributed by atoms with Crippen LogP contribution in [0.3, 0.4) is 0 Å². The van der Waals surface area contributed by atoms with Crippen LogP contribution in [-0.2, 0) is 0 Å². The molecule has 0 fully saturated rings. The van der Waals surface area contributed by atoms with E-state index in [2.05, 4.69) is 15.6 Å². The highest BCUT2D eigenvalue weighted by Gasteiger charge is 2.17. The Morgan fingerprint density at radius 3 is 2.76 bits per heavy atom. The van der Waals surface area contributed by atoms with Crippen molar-refractivity contribution in [2.75, 3.05) is 13.6 Å². The van der Waals surface area contributed by atoms with Gasteiger partial charge in [-0.2, -0.15) is 0 Å². The van der Waals surface area contributed by atoms with Gasteiger partial charge in [-0.05, 0) is 46.0 Å². The van der Waals surface area contributed by atoms with Crippen LogP contribution in [0.4, 0.5) is 0 Å². The van der Waals surface area contributed by atoms with Gasteiger partial charge in [-0.25, -0.2) is 4.98 Å². The van der Waals surface area contributed by atoms with E-state index in [0.29, 0.717) is 12.1 Å². The molecule has 5 heteroatoms. The molecule has 2 heterocycles. The van der Waals surface area contributed by atoms with E-state index in [1.54, 1.807) is 6.20 Å². The number of aryl methyl sites for hydroxylation is 1. The molecule has 0 radical (unpaired) electrons. The predicted octanol–water partition coefficient (Wildman–Crippen LogP) is 1.83. The lowest BCUT2D eigenvalue weighted by atomic mass is 10.2. The van der Waals surface area contributed by atoms with Crippen molar-refractivity contribution in [1.82, 2.24) is 20.2 Å². The molecule has 0 aliphatic rings. The fraction of sp³-hybridized carbons (Fsp3) is 0.375. The standard InChI is InChI=1S/C16H22N4O/c1-11(17-4)10-19-16(21)14-9-12(2)20(13(14)3)15-7-5-6-8-18-15/h5-9,11,17H,10H2,1-4H3,(H,19,21). The second-order valence-electron chi connectivity index (χ2n) is 5.21. The summed E-state index contributed by atoms with van der Waals surface area (Å²) in [5.41, 5.74) is 2.60. The number of aromatic nitrogens is 2. The van der Waals surface area contributed by atoms with Gasteiger partial charge in [-0.3, -0.25) is 4.79 Å². The van der Waals surface area contributed by atoms with Crippen molar-refractivity contribution in [2.24, 2.45) is 0 Å². The summed E-state index contributed by atoms with van der Waals surface area (Å²) in [6.07, 6.45) is 1.75.